The smallest absolute Gasteiger partial charge is 0.155 e. The largest absolute Gasteiger partial charge is 0.301 e. The van der Waals surface area contributed by atoms with E-state index in [2.05, 4.69) is 15.2 Å². The molecule has 0 bridgehead atoms. The Kier molecular flexibility index (Phi) is 4.34. The third-order valence-electron chi connectivity index (χ3n) is 3.24. The summed E-state index contributed by atoms with van der Waals surface area (Å²) in [7, 11) is -3.02. The molecule has 0 N–H and O–H groups in total. The number of hydrogen-bond acceptors (Lipinski definition) is 5. The zero-order valence-electron chi connectivity index (χ0n) is 10.7. The maximum Gasteiger partial charge on any atom is 0.155 e. The Balaban J connectivity index is 1.85. The highest BCUT2D eigenvalue weighted by atomic mass is 32.2. The maximum absolute atomic E-state index is 11.5. The number of nitrogens with zero attached hydrogens (tertiary/aromatic N) is 4. The van der Waals surface area contributed by atoms with Gasteiger partial charge in [-0.3, -0.25) is 4.68 Å². The Labute approximate surface area is 108 Å². The Morgan fingerprint density at radius 3 is 2.67 bits per heavy atom. The summed E-state index contributed by atoms with van der Waals surface area (Å²) >= 11 is 0. The van der Waals surface area contributed by atoms with E-state index in [9.17, 15) is 8.42 Å². The topological polar surface area (TPSA) is 68.1 Å². The molecule has 0 aliphatic carbocycles. The zero-order valence-corrected chi connectivity index (χ0v) is 11.6. The lowest BCUT2D eigenvalue weighted by Crippen LogP contribution is -2.24. The van der Waals surface area contributed by atoms with Gasteiger partial charge in [0.1, 0.15) is 0 Å². The summed E-state index contributed by atoms with van der Waals surface area (Å²) in [6.45, 7) is 5.70. The fourth-order valence-corrected chi connectivity index (χ4v) is 2.88. The molecule has 1 aromatic heterocycles. The van der Waals surface area contributed by atoms with Gasteiger partial charge in [0.15, 0.2) is 9.84 Å². The van der Waals surface area contributed by atoms with Crippen molar-refractivity contribution in [3.63, 3.8) is 0 Å². The third kappa shape index (κ3) is 3.78. The van der Waals surface area contributed by atoms with Crippen LogP contribution in [0.3, 0.4) is 0 Å². The fourth-order valence-electron chi connectivity index (χ4n) is 2.09. The van der Waals surface area contributed by atoms with E-state index in [-0.39, 0.29) is 11.5 Å². The molecular weight excluding hydrogens is 252 g/mol. The summed E-state index contributed by atoms with van der Waals surface area (Å²) in [6, 6.07) is 0. The van der Waals surface area contributed by atoms with Crippen molar-refractivity contribution in [2.24, 2.45) is 0 Å². The van der Waals surface area contributed by atoms with Gasteiger partial charge >= 0.3 is 0 Å². The van der Waals surface area contributed by atoms with Crippen LogP contribution in [0.2, 0.25) is 0 Å². The quantitative estimate of drug-likeness (QED) is 0.745. The second kappa shape index (κ2) is 5.79. The summed E-state index contributed by atoms with van der Waals surface area (Å²) in [4.78, 5) is 2.39. The number of sulfone groups is 1. The van der Waals surface area contributed by atoms with E-state index in [1.165, 1.54) is 12.8 Å². The van der Waals surface area contributed by atoms with Crippen LogP contribution in [-0.2, 0) is 22.1 Å². The van der Waals surface area contributed by atoms with Crippen LogP contribution in [0, 0.1) is 0 Å². The average molecular weight is 272 g/mol. The van der Waals surface area contributed by atoms with E-state index in [1.54, 1.807) is 17.8 Å². The summed E-state index contributed by atoms with van der Waals surface area (Å²) < 4.78 is 24.7. The molecule has 6 nitrogen and oxygen atoms in total. The first-order valence-corrected chi connectivity index (χ1v) is 8.23. The van der Waals surface area contributed by atoms with Crippen molar-refractivity contribution in [1.82, 2.24) is 19.9 Å². The van der Waals surface area contributed by atoms with E-state index in [4.69, 9.17) is 0 Å². The third-order valence-corrected chi connectivity index (χ3v) is 4.85. The molecule has 0 amide bonds. The van der Waals surface area contributed by atoms with Crippen molar-refractivity contribution in [3.05, 3.63) is 11.9 Å². The molecule has 1 aromatic rings. The van der Waals surface area contributed by atoms with Crippen LogP contribution in [0.15, 0.2) is 6.20 Å². The molecule has 0 radical (unpaired) electrons. The van der Waals surface area contributed by atoms with E-state index < -0.39 is 9.84 Å². The molecule has 18 heavy (non-hydrogen) atoms. The molecule has 0 saturated carbocycles. The first-order chi connectivity index (χ1) is 8.59. The average Bonchev–Trinajstić information content (AvgIpc) is 2.97. The van der Waals surface area contributed by atoms with Crippen LogP contribution in [0.1, 0.15) is 25.5 Å². The first-order valence-electron chi connectivity index (χ1n) is 6.41. The van der Waals surface area contributed by atoms with E-state index in [0.29, 0.717) is 5.69 Å². The Bertz CT molecular complexity index is 477. The molecule has 0 spiro atoms. The molecule has 0 aromatic carbocycles. The summed E-state index contributed by atoms with van der Waals surface area (Å²) in [5.41, 5.74) is 0.540. The summed E-state index contributed by atoms with van der Waals surface area (Å²) in [5.74, 6) is 0.140. The number of hydrogen-bond donors (Lipinski definition) is 0. The Hall–Kier alpha value is -0.950. The van der Waals surface area contributed by atoms with Gasteiger partial charge in [0.2, 0.25) is 0 Å². The van der Waals surface area contributed by atoms with Gasteiger partial charge in [-0.2, -0.15) is 0 Å². The Morgan fingerprint density at radius 1 is 1.28 bits per heavy atom. The van der Waals surface area contributed by atoms with Gasteiger partial charge in [-0.15, -0.1) is 5.10 Å². The minimum Gasteiger partial charge on any atom is -0.301 e. The fraction of sp³-hybridized carbons (Fsp3) is 0.818. The standard InChI is InChI=1S/C11H20N4O2S/c1-2-18(16,17)10-11-9-15(13-12-11)8-7-14-5-3-4-6-14/h9H,2-8,10H2,1H3. The van der Waals surface area contributed by atoms with E-state index >= 15 is 0 Å². The molecule has 0 atom stereocenters. The van der Waals surface area contributed by atoms with Gasteiger partial charge in [0, 0.05) is 18.5 Å². The normalized spacial score (nSPS) is 17.4. The maximum atomic E-state index is 11.5. The van der Waals surface area contributed by atoms with Crippen LogP contribution < -0.4 is 0 Å². The zero-order chi connectivity index (χ0) is 13.0. The van der Waals surface area contributed by atoms with Crippen LogP contribution in [0.25, 0.3) is 0 Å². The summed E-state index contributed by atoms with van der Waals surface area (Å²) in [5, 5.41) is 7.88. The van der Waals surface area contributed by atoms with Crippen LogP contribution >= 0.6 is 0 Å². The second-order valence-corrected chi connectivity index (χ2v) is 7.05. The van der Waals surface area contributed by atoms with Crippen molar-refractivity contribution in [1.29, 1.82) is 0 Å². The van der Waals surface area contributed by atoms with Gasteiger partial charge in [-0.05, 0) is 25.9 Å². The monoisotopic (exact) mass is 272 g/mol. The summed E-state index contributed by atoms with van der Waals surface area (Å²) in [6.07, 6.45) is 4.29. The molecule has 7 heteroatoms. The molecule has 1 aliphatic rings. The Morgan fingerprint density at radius 2 is 2.00 bits per heavy atom. The number of likely N-dealkylation sites (tertiary alicyclic amines) is 1. The van der Waals surface area contributed by atoms with Crippen molar-refractivity contribution in [3.8, 4) is 0 Å². The second-order valence-electron chi connectivity index (χ2n) is 4.70. The molecule has 1 fully saturated rings. The highest BCUT2D eigenvalue weighted by Crippen LogP contribution is 2.07. The molecule has 102 valence electrons. The van der Waals surface area contributed by atoms with Gasteiger partial charge in [0.25, 0.3) is 0 Å². The lowest BCUT2D eigenvalue weighted by molar-refractivity contribution is 0.314. The first kappa shape index (κ1) is 13.5. The lowest BCUT2D eigenvalue weighted by atomic mass is 10.4. The van der Waals surface area contributed by atoms with Crippen LogP contribution in [-0.4, -0.2) is 53.7 Å². The molecule has 1 saturated heterocycles. The minimum atomic E-state index is -3.02. The lowest BCUT2D eigenvalue weighted by Gasteiger charge is -2.13. The van der Waals surface area contributed by atoms with Crippen molar-refractivity contribution in [2.45, 2.75) is 32.1 Å². The SMILES string of the molecule is CCS(=O)(=O)Cc1cn(CCN2CCCC2)nn1. The van der Waals surface area contributed by atoms with Gasteiger partial charge in [-0.1, -0.05) is 12.1 Å². The minimum absolute atomic E-state index is 0.00673. The van der Waals surface area contributed by atoms with Crippen molar-refractivity contribution >= 4 is 9.84 Å². The predicted octanol–water partition coefficient (Wildman–Crippen LogP) is 0.309. The van der Waals surface area contributed by atoms with E-state index in [0.717, 1.165) is 26.2 Å². The number of rotatable bonds is 6. The van der Waals surface area contributed by atoms with Gasteiger partial charge in [0.05, 0.1) is 18.0 Å². The molecule has 0 unspecified atom stereocenters. The molecule has 2 heterocycles. The predicted molar refractivity (Wildman–Crippen MR) is 68.9 cm³/mol. The number of aromatic nitrogens is 3. The van der Waals surface area contributed by atoms with E-state index in [1.807, 2.05) is 0 Å². The molecular formula is C11H20N4O2S. The molecule has 1 aliphatic heterocycles. The van der Waals surface area contributed by atoms with Gasteiger partial charge in [-0.25, -0.2) is 8.42 Å². The highest BCUT2D eigenvalue weighted by molar-refractivity contribution is 7.90. The molecule has 2 rings (SSSR count). The highest BCUT2D eigenvalue weighted by Gasteiger charge is 2.14. The van der Waals surface area contributed by atoms with Gasteiger partial charge < -0.3 is 4.90 Å². The van der Waals surface area contributed by atoms with Crippen LogP contribution in [0.4, 0.5) is 0 Å². The van der Waals surface area contributed by atoms with Crippen molar-refractivity contribution in [2.75, 3.05) is 25.4 Å². The van der Waals surface area contributed by atoms with Crippen LogP contribution in [0.5, 0.6) is 0 Å². The van der Waals surface area contributed by atoms with Crippen molar-refractivity contribution < 1.29 is 8.42 Å².